The predicted octanol–water partition coefficient (Wildman–Crippen LogP) is 2.24. The average Bonchev–Trinajstić information content (AvgIpc) is 2.74. The molecule has 18 heavy (non-hydrogen) atoms. The van der Waals surface area contributed by atoms with Crippen molar-refractivity contribution in [1.29, 1.82) is 0 Å². The Morgan fingerprint density at radius 1 is 1.39 bits per heavy atom. The van der Waals surface area contributed by atoms with E-state index in [0.29, 0.717) is 5.92 Å². The average molecular weight is 312 g/mol. The molecule has 0 saturated heterocycles. The lowest BCUT2D eigenvalue weighted by Gasteiger charge is -2.31. The molecule has 1 aromatic rings. The normalized spacial score (nSPS) is 25.4. The molecule has 1 fully saturated rings. The third kappa shape index (κ3) is 2.56. The number of ether oxygens (including phenoxy) is 1. The van der Waals surface area contributed by atoms with E-state index in [4.69, 9.17) is 4.74 Å². The molecule has 0 bridgehead atoms. The second-order valence-corrected chi connectivity index (χ2v) is 6.19. The van der Waals surface area contributed by atoms with Gasteiger partial charge in [0.05, 0.1) is 12.7 Å². The molecular formula is C14H18BrNO2. The lowest BCUT2D eigenvalue weighted by atomic mass is 9.82. The van der Waals surface area contributed by atoms with Crippen LogP contribution in [-0.4, -0.2) is 24.4 Å². The summed E-state index contributed by atoms with van der Waals surface area (Å²) in [5.41, 5.74) is 2.54. The predicted molar refractivity (Wildman–Crippen MR) is 73.8 cm³/mol. The lowest BCUT2D eigenvalue weighted by molar-refractivity contribution is 0.0429. The molecule has 4 heteroatoms. The molecule has 0 amide bonds. The minimum atomic E-state index is -0.0600. The van der Waals surface area contributed by atoms with E-state index >= 15 is 0 Å². The summed E-state index contributed by atoms with van der Waals surface area (Å²) >= 11 is 3.55. The molecule has 1 heterocycles. The van der Waals surface area contributed by atoms with E-state index in [1.54, 1.807) is 0 Å². The first-order chi connectivity index (χ1) is 8.72. The van der Waals surface area contributed by atoms with Crippen LogP contribution in [0.4, 0.5) is 0 Å². The van der Waals surface area contributed by atoms with Crippen LogP contribution in [0.5, 0.6) is 5.75 Å². The second-order valence-electron chi connectivity index (χ2n) is 5.27. The molecule has 0 unspecified atom stereocenters. The summed E-state index contributed by atoms with van der Waals surface area (Å²) in [4.78, 5) is 0. The summed E-state index contributed by atoms with van der Waals surface area (Å²) in [6.07, 6.45) is 2.84. The molecule has 98 valence electrons. The van der Waals surface area contributed by atoms with Crippen LogP contribution in [0.25, 0.3) is 0 Å². The van der Waals surface area contributed by atoms with Crippen molar-refractivity contribution in [3.05, 3.63) is 27.7 Å². The van der Waals surface area contributed by atoms with E-state index in [1.807, 2.05) is 0 Å². The summed E-state index contributed by atoms with van der Waals surface area (Å²) < 4.78 is 6.83. The van der Waals surface area contributed by atoms with Crippen molar-refractivity contribution in [2.24, 2.45) is 5.92 Å². The summed E-state index contributed by atoms with van der Waals surface area (Å²) in [5, 5.41) is 12.7. The number of rotatable bonds is 4. The zero-order valence-corrected chi connectivity index (χ0v) is 11.9. The van der Waals surface area contributed by atoms with Crippen molar-refractivity contribution in [2.45, 2.75) is 31.9 Å². The Labute approximate surface area is 116 Å². The molecule has 0 radical (unpaired) electrons. The molecule has 0 aromatic heterocycles. The van der Waals surface area contributed by atoms with Crippen LogP contribution in [0, 0.1) is 5.92 Å². The van der Waals surface area contributed by atoms with Crippen molar-refractivity contribution in [2.75, 3.05) is 13.2 Å². The molecule has 0 spiro atoms. The number of aliphatic hydroxyl groups is 1. The van der Waals surface area contributed by atoms with Gasteiger partial charge in [-0.3, -0.25) is 0 Å². The van der Waals surface area contributed by atoms with Crippen molar-refractivity contribution in [3.8, 4) is 5.75 Å². The van der Waals surface area contributed by atoms with Crippen LogP contribution < -0.4 is 10.1 Å². The topological polar surface area (TPSA) is 41.5 Å². The Bertz CT molecular complexity index is 444. The summed E-state index contributed by atoms with van der Waals surface area (Å²) in [7, 11) is 0. The molecule has 2 aliphatic rings. The highest BCUT2D eigenvalue weighted by molar-refractivity contribution is 9.10. The number of nitrogens with one attached hydrogen (secondary N) is 1. The van der Waals surface area contributed by atoms with E-state index in [1.165, 1.54) is 11.1 Å². The maximum absolute atomic E-state index is 9.24. The third-order valence-electron chi connectivity index (χ3n) is 3.78. The largest absolute Gasteiger partial charge is 0.493 e. The zero-order valence-electron chi connectivity index (χ0n) is 10.3. The Hall–Kier alpha value is -0.580. The van der Waals surface area contributed by atoms with Gasteiger partial charge in [0.25, 0.3) is 0 Å². The SMILES string of the molecule is OC1CC(CNCc2cc(Br)cc3c2OCC3)C1. The van der Waals surface area contributed by atoms with Gasteiger partial charge in [-0.25, -0.2) is 0 Å². The Balaban J connectivity index is 1.59. The standard InChI is InChI=1S/C14H18BrNO2/c15-12-5-10-1-2-18-14(10)11(6-12)8-16-7-9-3-13(17)4-9/h5-6,9,13,16-17H,1-4,7-8H2. The first-order valence-electron chi connectivity index (χ1n) is 6.55. The van der Waals surface area contributed by atoms with Crippen LogP contribution in [0.15, 0.2) is 16.6 Å². The minimum absolute atomic E-state index is 0.0600. The van der Waals surface area contributed by atoms with E-state index in [2.05, 4.69) is 33.4 Å². The highest BCUT2D eigenvalue weighted by atomic mass is 79.9. The number of hydrogen-bond donors (Lipinski definition) is 2. The highest BCUT2D eigenvalue weighted by Gasteiger charge is 2.26. The maximum atomic E-state index is 9.24. The summed E-state index contributed by atoms with van der Waals surface area (Å²) in [6, 6.07) is 4.28. The molecule has 1 saturated carbocycles. The van der Waals surface area contributed by atoms with Crippen LogP contribution >= 0.6 is 15.9 Å². The zero-order chi connectivity index (χ0) is 12.5. The first-order valence-corrected chi connectivity index (χ1v) is 7.34. The van der Waals surface area contributed by atoms with E-state index in [0.717, 1.165) is 49.2 Å². The highest BCUT2D eigenvalue weighted by Crippen LogP contribution is 2.33. The number of halogens is 1. The van der Waals surface area contributed by atoms with Gasteiger partial charge in [-0.1, -0.05) is 15.9 Å². The van der Waals surface area contributed by atoms with Crippen LogP contribution in [0.1, 0.15) is 24.0 Å². The number of fused-ring (bicyclic) bond motifs is 1. The lowest BCUT2D eigenvalue weighted by Crippen LogP contribution is -2.35. The fourth-order valence-electron chi connectivity index (χ4n) is 2.76. The first kappa shape index (κ1) is 12.5. The minimum Gasteiger partial charge on any atom is -0.493 e. The van der Waals surface area contributed by atoms with Gasteiger partial charge in [0.2, 0.25) is 0 Å². The monoisotopic (exact) mass is 311 g/mol. The summed E-state index contributed by atoms with van der Waals surface area (Å²) in [5.74, 6) is 1.71. The summed E-state index contributed by atoms with van der Waals surface area (Å²) in [6.45, 7) is 2.63. The van der Waals surface area contributed by atoms with Crippen LogP contribution in [0.3, 0.4) is 0 Å². The molecule has 1 aromatic carbocycles. The smallest absolute Gasteiger partial charge is 0.127 e. The van der Waals surface area contributed by atoms with E-state index < -0.39 is 0 Å². The number of hydrogen-bond acceptors (Lipinski definition) is 3. The van der Waals surface area contributed by atoms with Gasteiger partial charge < -0.3 is 15.2 Å². The number of aliphatic hydroxyl groups excluding tert-OH is 1. The molecule has 2 N–H and O–H groups in total. The van der Waals surface area contributed by atoms with E-state index in [9.17, 15) is 5.11 Å². The van der Waals surface area contributed by atoms with Crippen molar-refractivity contribution in [1.82, 2.24) is 5.32 Å². The van der Waals surface area contributed by atoms with Gasteiger partial charge in [0.15, 0.2) is 0 Å². The Morgan fingerprint density at radius 2 is 2.22 bits per heavy atom. The van der Waals surface area contributed by atoms with Crippen LogP contribution in [-0.2, 0) is 13.0 Å². The van der Waals surface area contributed by atoms with Crippen molar-refractivity contribution < 1.29 is 9.84 Å². The molecule has 0 atom stereocenters. The fourth-order valence-corrected chi connectivity index (χ4v) is 3.31. The Kier molecular flexibility index (Phi) is 3.59. The molecule has 3 nitrogen and oxygen atoms in total. The quantitative estimate of drug-likeness (QED) is 0.896. The maximum Gasteiger partial charge on any atom is 0.127 e. The van der Waals surface area contributed by atoms with Gasteiger partial charge >= 0.3 is 0 Å². The van der Waals surface area contributed by atoms with Crippen molar-refractivity contribution in [3.63, 3.8) is 0 Å². The van der Waals surface area contributed by atoms with Gasteiger partial charge in [-0.15, -0.1) is 0 Å². The molecule has 1 aliphatic carbocycles. The van der Waals surface area contributed by atoms with Gasteiger partial charge in [0, 0.05) is 23.0 Å². The molecular weight excluding hydrogens is 294 g/mol. The van der Waals surface area contributed by atoms with Gasteiger partial charge in [0.1, 0.15) is 5.75 Å². The van der Waals surface area contributed by atoms with Crippen molar-refractivity contribution >= 4 is 15.9 Å². The van der Waals surface area contributed by atoms with Crippen LogP contribution in [0.2, 0.25) is 0 Å². The molecule has 3 rings (SSSR count). The Morgan fingerprint density at radius 3 is 3.00 bits per heavy atom. The van der Waals surface area contributed by atoms with Gasteiger partial charge in [-0.2, -0.15) is 0 Å². The molecule has 1 aliphatic heterocycles. The second kappa shape index (κ2) is 5.19. The third-order valence-corrected chi connectivity index (χ3v) is 4.24. The number of benzene rings is 1. The van der Waals surface area contributed by atoms with E-state index in [-0.39, 0.29) is 6.10 Å². The fraction of sp³-hybridized carbons (Fsp3) is 0.571. The van der Waals surface area contributed by atoms with Gasteiger partial charge in [-0.05, 0) is 43.0 Å².